The van der Waals surface area contributed by atoms with Crippen LogP contribution in [0.3, 0.4) is 0 Å². The van der Waals surface area contributed by atoms with Crippen molar-refractivity contribution in [3.63, 3.8) is 0 Å². The predicted octanol–water partition coefficient (Wildman–Crippen LogP) is 4.47. The number of hydrogen-bond acceptors (Lipinski definition) is 2. The van der Waals surface area contributed by atoms with Crippen LogP contribution in [0.25, 0.3) is 0 Å². The van der Waals surface area contributed by atoms with E-state index in [1.165, 1.54) is 16.2 Å². The van der Waals surface area contributed by atoms with Crippen molar-refractivity contribution in [3.05, 3.63) is 105 Å². The molecule has 3 aromatic rings. The van der Waals surface area contributed by atoms with E-state index in [2.05, 4.69) is 24.4 Å². The first kappa shape index (κ1) is 19.9. The quantitative estimate of drug-likeness (QED) is 0.642. The van der Waals surface area contributed by atoms with Crippen LogP contribution < -0.4 is 10.9 Å². The van der Waals surface area contributed by atoms with Crippen molar-refractivity contribution in [1.29, 1.82) is 0 Å². The maximum atomic E-state index is 12.6. The number of nitrogens with zero attached hydrogens (tertiary/aromatic N) is 1. The number of carbonyl (C=O) groups excluding carboxylic acids is 1. The first-order chi connectivity index (χ1) is 13.6. The number of pyridine rings is 1. The summed E-state index contributed by atoms with van der Waals surface area (Å²) in [7, 11) is 0. The Bertz CT molecular complexity index is 999. The molecule has 2 aromatic carbocycles. The largest absolute Gasteiger partial charge is 0.351 e. The molecule has 144 valence electrons. The molecule has 4 nitrogen and oxygen atoms in total. The van der Waals surface area contributed by atoms with Gasteiger partial charge in [-0.25, -0.2) is 0 Å². The lowest BCUT2D eigenvalue weighted by Crippen LogP contribution is -2.30. The lowest BCUT2D eigenvalue weighted by atomic mass is 9.96. The van der Waals surface area contributed by atoms with Crippen molar-refractivity contribution in [2.75, 3.05) is 6.54 Å². The Balaban J connectivity index is 1.72. The summed E-state index contributed by atoms with van der Waals surface area (Å²) in [6, 6.07) is 20.5. The third-order valence-corrected chi connectivity index (χ3v) is 5.19. The maximum absolute atomic E-state index is 12.6. The van der Waals surface area contributed by atoms with Crippen LogP contribution in [0.4, 0.5) is 0 Å². The van der Waals surface area contributed by atoms with Crippen LogP contribution in [0.5, 0.6) is 0 Å². The summed E-state index contributed by atoms with van der Waals surface area (Å²) >= 11 is 6.19. The molecule has 0 aliphatic heterocycles. The normalized spacial score (nSPS) is 11.8. The van der Waals surface area contributed by atoms with Gasteiger partial charge in [0.25, 0.3) is 11.5 Å². The van der Waals surface area contributed by atoms with E-state index in [0.717, 1.165) is 12.0 Å². The van der Waals surface area contributed by atoms with E-state index in [0.29, 0.717) is 23.7 Å². The highest BCUT2D eigenvalue weighted by atomic mass is 35.5. The topological polar surface area (TPSA) is 51.1 Å². The van der Waals surface area contributed by atoms with Gasteiger partial charge in [0.1, 0.15) is 0 Å². The summed E-state index contributed by atoms with van der Waals surface area (Å²) in [6.45, 7) is 2.97. The van der Waals surface area contributed by atoms with Gasteiger partial charge in [-0.1, -0.05) is 67.1 Å². The van der Waals surface area contributed by atoms with E-state index in [9.17, 15) is 9.59 Å². The zero-order valence-electron chi connectivity index (χ0n) is 15.8. The molecule has 3 rings (SSSR count). The Morgan fingerprint density at radius 3 is 2.46 bits per heavy atom. The van der Waals surface area contributed by atoms with Crippen molar-refractivity contribution in [3.8, 4) is 0 Å². The van der Waals surface area contributed by atoms with Crippen molar-refractivity contribution in [2.24, 2.45) is 0 Å². The van der Waals surface area contributed by atoms with Crippen molar-refractivity contribution in [1.82, 2.24) is 9.88 Å². The van der Waals surface area contributed by atoms with Crippen LogP contribution in [0.2, 0.25) is 5.02 Å². The highest BCUT2D eigenvalue weighted by Crippen LogP contribution is 2.18. The number of nitrogens with one attached hydrogen (secondary N) is 1. The number of amides is 1. The highest BCUT2D eigenvalue weighted by molar-refractivity contribution is 6.31. The molecule has 0 saturated carbocycles. The molecule has 5 heteroatoms. The average Bonchev–Trinajstić information content (AvgIpc) is 2.72. The molecule has 1 aromatic heterocycles. The number of halogens is 1. The fourth-order valence-electron chi connectivity index (χ4n) is 3.14. The van der Waals surface area contributed by atoms with Crippen LogP contribution in [-0.4, -0.2) is 17.0 Å². The summed E-state index contributed by atoms with van der Waals surface area (Å²) in [5.74, 6) is 0.0569. The van der Waals surface area contributed by atoms with Gasteiger partial charge in [-0.05, 0) is 29.7 Å². The second kappa shape index (κ2) is 9.38. The standard InChI is InChI=1S/C23H23ClN2O2/c1-2-17(18-8-4-3-5-9-18)14-25-23(28)20-12-13-22(27)26(16-20)15-19-10-6-7-11-21(19)24/h3-13,16-17H,2,14-15H2,1H3,(H,25,28). The molecule has 0 saturated heterocycles. The summed E-state index contributed by atoms with van der Waals surface area (Å²) in [6.07, 6.45) is 2.51. The van der Waals surface area contributed by atoms with Gasteiger partial charge in [0.2, 0.25) is 0 Å². The first-order valence-electron chi connectivity index (χ1n) is 9.35. The predicted molar refractivity (Wildman–Crippen MR) is 113 cm³/mol. The fraction of sp³-hybridized carbons (Fsp3) is 0.217. The second-order valence-electron chi connectivity index (χ2n) is 6.70. The lowest BCUT2D eigenvalue weighted by Gasteiger charge is -2.16. The molecular weight excluding hydrogens is 372 g/mol. The molecule has 1 atom stereocenters. The third-order valence-electron chi connectivity index (χ3n) is 4.82. The number of aromatic nitrogens is 1. The molecule has 0 spiro atoms. The zero-order chi connectivity index (χ0) is 19.9. The van der Waals surface area contributed by atoms with Crippen LogP contribution in [-0.2, 0) is 6.54 Å². The van der Waals surface area contributed by atoms with E-state index in [4.69, 9.17) is 11.6 Å². The average molecular weight is 395 g/mol. The van der Waals surface area contributed by atoms with Gasteiger partial charge in [0.15, 0.2) is 0 Å². The zero-order valence-corrected chi connectivity index (χ0v) is 16.5. The van der Waals surface area contributed by atoms with Gasteiger partial charge in [-0.2, -0.15) is 0 Å². The lowest BCUT2D eigenvalue weighted by molar-refractivity contribution is 0.0950. The van der Waals surface area contributed by atoms with Gasteiger partial charge in [0.05, 0.1) is 12.1 Å². The summed E-state index contributed by atoms with van der Waals surface area (Å²) < 4.78 is 1.50. The van der Waals surface area contributed by atoms with E-state index >= 15 is 0 Å². The Kier molecular flexibility index (Phi) is 6.66. The Labute approximate surface area is 169 Å². The van der Waals surface area contributed by atoms with Gasteiger partial charge in [0, 0.05) is 29.7 Å². The molecule has 0 bridgehead atoms. The third kappa shape index (κ3) is 4.90. The number of hydrogen-bond donors (Lipinski definition) is 1. The summed E-state index contributed by atoms with van der Waals surface area (Å²) in [4.78, 5) is 24.8. The van der Waals surface area contributed by atoms with E-state index in [1.54, 1.807) is 18.3 Å². The fourth-order valence-corrected chi connectivity index (χ4v) is 3.34. The minimum atomic E-state index is -0.192. The summed E-state index contributed by atoms with van der Waals surface area (Å²) in [5, 5.41) is 3.59. The van der Waals surface area contributed by atoms with Crippen LogP contribution in [0.15, 0.2) is 77.7 Å². The monoisotopic (exact) mass is 394 g/mol. The van der Waals surface area contributed by atoms with Gasteiger partial charge in [-0.15, -0.1) is 0 Å². The van der Waals surface area contributed by atoms with E-state index in [1.807, 2.05) is 36.4 Å². The van der Waals surface area contributed by atoms with Crippen molar-refractivity contribution in [2.45, 2.75) is 25.8 Å². The Morgan fingerprint density at radius 2 is 1.75 bits per heavy atom. The number of benzene rings is 2. The van der Waals surface area contributed by atoms with Crippen molar-refractivity contribution >= 4 is 17.5 Å². The maximum Gasteiger partial charge on any atom is 0.252 e. The van der Waals surface area contributed by atoms with Crippen LogP contribution in [0, 0.1) is 0 Å². The van der Waals surface area contributed by atoms with Crippen LogP contribution >= 0.6 is 11.6 Å². The molecule has 0 radical (unpaired) electrons. The minimum absolute atomic E-state index is 0.174. The molecule has 28 heavy (non-hydrogen) atoms. The van der Waals surface area contributed by atoms with Gasteiger partial charge in [-0.3, -0.25) is 9.59 Å². The minimum Gasteiger partial charge on any atom is -0.351 e. The summed E-state index contributed by atoms with van der Waals surface area (Å²) in [5.41, 5.74) is 2.31. The number of carbonyl (C=O) groups is 1. The second-order valence-corrected chi connectivity index (χ2v) is 7.11. The highest BCUT2D eigenvalue weighted by Gasteiger charge is 2.13. The molecule has 0 fully saturated rings. The van der Waals surface area contributed by atoms with E-state index in [-0.39, 0.29) is 17.4 Å². The molecule has 1 N–H and O–H groups in total. The SMILES string of the molecule is CCC(CNC(=O)c1ccc(=O)n(Cc2ccccc2Cl)c1)c1ccccc1. The molecule has 1 amide bonds. The molecular formula is C23H23ClN2O2. The molecule has 1 unspecified atom stereocenters. The van der Waals surface area contributed by atoms with Crippen molar-refractivity contribution < 1.29 is 4.79 Å². The molecule has 0 aliphatic carbocycles. The van der Waals surface area contributed by atoms with E-state index < -0.39 is 0 Å². The Hall–Kier alpha value is -2.85. The van der Waals surface area contributed by atoms with Crippen LogP contribution in [0.1, 0.15) is 40.7 Å². The molecule has 1 heterocycles. The van der Waals surface area contributed by atoms with Gasteiger partial charge >= 0.3 is 0 Å². The first-order valence-corrected chi connectivity index (χ1v) is 9.73. The smallest absolute Gasteiger partial charge is 0.252 e. The Morgan fingerprint density at radius 1 is 1.04 bits per heavy atom. The molecule has 0 aliphatic rings. The number of rotatable bonds is 7. The van der Waals surface area contributed by atoms with Gasteiger partial charge < -0.3 is 9.88 Å².